The molecule has 1 aliphatic rings. The van der Waals surface area contributed by atoms with Crippen molar-refractivity contribution in [2.45, 2.75) is 31.4 Å². The fourth-order valence-electron chi connectivity index (χ4n) is 2.31. The van der Waals surface area contributed by atoms with Gasteiger partial charge in [-0.1, -0.05) is 29.8 Å². The first-order valence-corrected chi connectivity index (χ1v) is 7.21. The average Bonchev–Trinajstić information content (AvgIpc) is 2.94. The number of aromatic amines is 1. The third-order valence-corrected chi connectivity index (χ3v) is 4.20. The Morgan fingerprint density at radius 3 is 2.86 bits per heavy atom. The minimum atomic E-state index is -0.461. The summed E-state index contributed by atoms with van der Waals surface area (Å²) in [6.07, 6.45) is 4.32. The lowest BCUT2D eigenvalue weighted by Crippen LogP contribution is -2.44. The van der Waals surface area contributed by atoms with Gasteiger partial charge in [0, 0.05) is 10.6 Å². The third kappa shape index (κ3) is 2.80. The number of H-pyrrole nitrogens is 1. The van der Waals surface area contributed by atoms with Gasteiger partial charge in [-0.05, 0) is 25.3 Å². The molecule has 1 heterocycles. The molecule has 6 heteroatoms. The van der Waals surface area contributed by atoms with Crippen molar-refractivity contribution in [2.75, 3.05) is 0 Å². The van der Waals surface area contributed by atoms with E-state index in [4.69, 9.17) is 22.1 Å². The maximum absolute atomic E-state index is 12.0. The van der Waals surface area contributed by atoms with E-state index in [1.54, 1.807) is 6.07 Å². The molecule has 0 atom stereocenters. The molecular formula is C15H16ClN3O2. The number of benzene rings is 1. The van der Waals surface area contributed by atoms with Crippen LogP contribution >= 0.6 is 11.6 Å². The lowest BCUT2D eigenvalue weighted by atomic mass is 9.77. The number of nitrogens with two attached hydrogens (primary N) is 1. The van der Waals surface area contributed by atoms with Crippen LogP contribution in [-0.4, -0.2) is 15.9 Å². The number of imidazole rings is 1. The fraction of sp³-hybridized carbons (Fsp3) is 0.333. The van der Waals surface area contributed by atoms with E-state index in [1.807, 2.05) is 18.2 Å². The van der Waals surface area contributed by atoms with Gasteiger partial charge in [0.2, 0.25) is 0 Å². The van der Waals surface area contributed by atoms with Crippen molar-refractivity contribution in [3.63, 3.8) is 0 Å². The standard InChI is InChI=1S/C15H16ClN3O2/c16-11-5-2-1-4-10(11)9-21-13(20)12-8-18-14(19-12)15(17)6-3-7-15/h1-2,4-5,8H,3,6-7,9,17H2,(H,18,19). The van der Waals surface area contributed by atoms with Gasteiger partial charge in [-0.15, -0.1) is 0 Å². The molecule has 1 aromatic carbocycles. The molecule has 1 saturated carbocycles. The minimum absolute atomic E-state index is 0.126. The van der Waals surface area contributed by atoms with Crippen molar-refractivity contribution in [3.8, 4) is 0 Å². The van der Waals surface area contributed by atoms with Crippen LogP contribution in [0.5, 0.6) is 0 Å². The van der Waals surface area contributed by atoms with Gasteiger partial charge in [-0.3, -0.25) is 0 Å². The topological polar surface area (TPSA) is 81.0 Å². The van der Waals surface area contributed by atoms with Gasteiger partial charge in [-0.2, -0.15) is 0 Å². The van der Waals surface area contributed by atoms with Crippen LogP contribution < -0.4 is 5.73 Å². The number of esters is 1. The van der Waals surface area contributed by atoms with Crippen LogP contribution in [-0.2, 0) is 16.9 Å². The second-order valence-corrected chi connectivity index (χ2v) is 5.73. The van der Waals surface area contributed by atoms with Gasteiger partial charge in [0.05, 0.1) is 11.7 Å². The Bertz CT molecular complexity index is 664. The Labute approximate surface area is 127 Å². The van der Waals surface area contributed by atoms with Gasteiger partial charge >= 0.3 is 5.97 Å². The number of aromatic nitrogens is 2. The molecule has 21 heavy (non-hydrogen) atoms. The molecule has 1 fully saturated rings. The minimum Gasteiger partial charge on any atom is -0.456 e. The molecule has 0 saturated heterocycles. The van der Waals surface area contributed by atoms with Gasteiger partial charge in [0.1, 0.15) is 18.1 Å². The number of nitrogens with zero attached hydrogens (tertiary/aromatic N) is 1. The Morgan fingerprint density at radius 1 is 1.43 bits per heavy atom. The highest BCUT2D eigenvalue weighted by Crippen LogP contribution is 2.36. The summed E-state index contributed by atoms with van der Waals surface area (Å²) in [5.74, 6) is 0.190. The highest BCUT2D eigenvalue weighted by Gasteiger charge is 2.37. The molecule has 1 aliphatic carbocycles. The summed E-state index contributed by atoms with van der Waals surface area (Å²) in [5.41, 5.74) is 6.82. The fourth-order valence-corrected chi connectivity index (χ4v) is 2.50. The molecular weight excluding hydrogens is 290 g/mol. The first kappa shape index (κ1) is 14.1. The molecule has 2 aromatic rings. The highest BCUT2D eigenvalue weighted by atomic mass is 35.5. The average molecular weight is 306 g/mol. The summed E-state index contributed by atoms with van der Waals surface area (Å²) in [7, 11) is 0. The monoisotopic (exact) mass is 305 g/mol. The summed E-state index contributed by atoms with van der Waals surface area (Å²) >= 11 is 6.02. The number of ether oxygens (including phenoxy) is 1. The summed E-state index contributed by atoms with van der Waals surface area (Å²) in [5, 5.41) is 0.575. The predicted molar refractivity (Wildman–Crippen MR) is 78.9 cm³/mol. The molecule has 3 rings (SSSR count). The zero-order chi connectivity index (χ0) is 14.9. The van der Waals surface area contributed by atoms with Crippen molar-refractivity contribution >= 4 is 17.6 Å². The maximum Gasteiger partial charge on any atom is 0.356 e. The Morgan fingerprint density at radius 2 is 2.19 bits per heavy atom. The Balaban J connectivity index is 1.65. The first-order chi connectivity index (χ1) is 10.1. The van der Waals surface area contributed by atoms with Crippen molar-refractivity contribution in [1.29, 1.82) is 0 Å². The molecule has 110 valence electrons. The molecule has 0 unspecified atom stereocenters. The molecule has 0 amide bonds. The molecule has 1 aromatic heterocycles. The number of hydrogen-bond acceptors (Lipinski definition) is 4. The van der Waals surface area contributed by atoms with E-state index >= 15 is 0 Å². The van der Waals surface area contributed by atoms with Crippen LogP contribution in [0.2, 0.25) is 5.02 Å². The number of nitrogens with one attached hydrogen (secondary N) is 1. The molecule has 5 nitrogen and oxygen atoms in total. The zero-order valence-corrected chi connectivity index (χ0v) is 12.2. The van der Waals surface area contributed by atoms with E-state index < -0.39 is 11.5 Å². The Kier molecular flexibility index (Phi) is 3.69. The third-order valence-electron chi connectivity index (χ3n) is 3.83. The molecule has 0 aliphatic heterocycles. The van der Waals surface area contributed by atoms with Crippen LogP contribution in [0.3, 0.4) is 0 Å². The van der Waals surface area contributed by atoms with E-state index in [2.05, 4.69) is 9.97 Å². The van der Waals surface area contributed by atoms with Crippen molar-refractivity contribution < 1.29 is 9.53 Å². The lowest BCUT2D eigenvalue weighted by Gasteiger charge is -2.35. The van der Waals surface area contributed by atoms with Gasteiger partial charge in [0.15, 0.2) is 0 Å². The first-order valence-electron chi connectivity index (χ1n) is 6.83. The van der Waals surface area contributed by atoms with Crippen molar-refractivity contribution in [3.05, 3.63) is 52.6 Å². The molecule has 0 spiro atoms. The molecule has 3 N–H and O–H groups in total. The number of rotatable bonds is 4. The number of carbonyl (C=O) groups excluding carboxylic acids is 1. The second-order valence-electron chi connectivity index (χ2n) is 5.32. The van der Waals surface area contributed by atoms with Gasteiger partial charge in [-0.25, -0.2) is 9.78 Å². The predicted octanol–water partition coefficient (Wildman–Crippen LogP) is 2.76. The number of hydrogen-bond donors (Lipinski definition) is 2. The SMILES string of the molecule is NC1(c2ncc(C(=O)OCc3ccccc3Cl)[nH]2)CCC1. The maximum atomic E-state index is 12.0. The lowest BCUT2D eigenvalue weighted by molar-refractivity contribution is 0.0466. The second kappa shape index (κ2) is 5.50. The normalized spacial score (nSPS) is 16.3. The van der Waals surface area contributed by atoms with Crippen LogP contribution in [0, 0.1) is 0 Å². The number of carbonyl (C=O) groups is 1. The van der Waals surface area contributed by atoms with Crippen molar-refractivity contribution in [1.82, 2.24) is 9.97 Å². The summed E-state index contributed by atoms with van der Waals surface area (Å²) < 4.78 is 5.24. The Hall–Kier alpha value is -1.85. The largest absolute Gasteiger partial charge is 0.456 e. The number of halogens is 1. The van der Waals surface area contributed by atoms with E-state index in [0.717, 1.165) is 24.8 Å². The van der Waals surface area contributed by atoms with Crippen LogP contribution in [0.15, 0.2) is 30.5 Å². The summed E-state index contributed by atoms with van der Waals surface area (Å²) in [6, 6.07) is 7.25. The molecule has 0 bridgehead atoms. The highest BCUT2D eigenvalue weighted by molar-refractivity contribution is 6.31. The van der Waals surface area contributed by atoms with E-state index in [9.17, 15) is 4.79 Å². The van der Waals surface area contributed by atoms with Gasteiger partial charge < -0.3 is 15.5 Å². The van der Waals surface area contributed by atoms with Crippen LogP contribution in [0.25, 0.3) is 0 Å². The van der Waals surface area contributed by atoms with Crippen molar-refractivity contribution in [2.24, 2.45) is 5.73 Å². The van der Waals surface area contributed by atoms with Crippen LogP contribution in [0.4, 0.5) is 0 Å². The smallest absolute Gasteiger partial charge is 0.356 e. The quantitative estimate of drug-likeness (QED) is 0.851. The zero-order valence-electron chi connectivity index (χ0n) is 11.4. The van der Waals surface area contributed by atoms with Gasteiger partial charge in [0.25, 0.3) is 0 Å². The summed E-state index contributed by atoms with van der Waals surface area (Å²) in [4.78, 5) is 19.2. The molecule has 0 radical (unpaired) electrons. The van der Waals surface area contributed by atoms with E-state index in [1.165, 1.54) is 6.20 Å². The summed E-state index contributed by atoms with van der Waals surface area (Å²) in [6.45, 7) is 0.126. The van der Waals surface area contributed by atoms with Crippen LogP contribution in [0.1, 0.15) is 41.1 Å². The van der Waals surface area contributed by atoms with E-state index in [-0.39, 0.29) is 6.61 Å². The van der Waals surface area contributed by atoms with E-state index in [0.29, 0.717) is 16.5 Å².